The molecule has 1 nitrogen and oxygen atoms in total. The first-order valence-electron chi connectivity index (χ1n) is 7.37. The van der Waals surface area contributed by atoms with Crippen molar-refractivity contribution in [3.05, 3.63) is 70.3 Å². The van der Waals surface area contributed by atoms with E-state index in [1.54, 1.807) is 0 Å². The van der Waals surface area contributed by atoms with Crippen molar-refractivity contribution in [2.24, 2.45) is 5.73 Å². The molecule has 0 bridgehead atoms. The molecule has 0 saturated heterocycles. The van der Waals surface area contributed by atoms with Crippen molar-refractivity contribution in [2.75, 3.05) is 0 Å². The lowest BCUT2D eigenvalue weighted by Gasteiger charge is -2.26. The van der Waals surface area contributed by atoms with E-state index >= 15 is 0 Å². The Morgan fingerprint density at radius 1 is 1.00 bits per heavy atom. The average molecular weight is 267 g/mol. The summed E-state index contributed by atoms with van der Waals surface area (Å²) in [5, 5.41) is 0. The summed E-state index contributed by atoms with van der Waals surface area (Å²) >= 11 is 0. The second kappa shape index (κ2) is 5.80. The maximum Gasteiger partial charge on any atom is 0.0421 e. The SMILES string of the molecule is CCc1ccc(C(C)(N)Cc2cc(C)ccc2C)cc1. The number of benzene rings is 2. The van der Waals surface area contributed by atoms with E-state index in [0.717, 1.165) is 12.8 Å². The van der Waals surface area contributed by atoms with Crippen LogP contribution in [0.3, 0.4) is 0 Å². The van der Waals surface area contributed by atoms with E-state index in [4.69, 9.17) is 5.73 Å². The van der Waals surface area contributed by atoms with E-state index in [2.05, 4.69) is 70.2 Å². The van der Waals surface area contributed by atoms with Crippen LogP contribution >= 0.6 is 0 Å². The summed E-state index contributed by atoms with van der Waals surface area (Å²) in [6.07, 6.45) is 1.94. The average Bonchev–Trinajstić information content (AvgIpc) is 2.43. The van der Waals surface area contributed by atoms with Crippen molar-refractivity contribution in [3.63, 3.8) is 0 Å². The second-order valence-electron chi connectivity index (χ2n) is 6.07. The van der Waals surface area contributed by atoms with Gasteiger partial charge in [0.15, 0.2) is 0 Å². The van der Waals surface area contributed by atoms with Gasteiger partial charge in [-0.25, -0.2) is 0 Å². The zero-order chi connectivity index (χ0) is 14.8. The third kappa shape index (κ3) is 3.29. The molecule has 0 aromatic heterocycles. The highest BCUT2D eigenvalue weighted by Gasteiger charge is 2.22. The standard InChI is InChI=1S/C19H25N/c1-5-16-8-10-18(11-9-16)19(4,20)13-17-12-14(2)6-7-15(17)3/h6-12H,5,13,20H2,1-4H3. The molecule has 0 heterocycles. The molecule has 1 heteroatoms. The molecule has 2 rings (SSSR count). The molecule has 2 aromatic rings. The van der Waals surface area contributed by atoms with Crippen LogP contribution in [-0.2, 0) is 18.4 Å². The fourth-order valence-corrected chi connectivity index (χ4v) is 2.61. The Morgan fingerprint density at radius 2 is 1.65 bits per heavy atom. The summed E-state index contributed by atoms with van der Waals surface area (Å²) in [5.41, 5.74) is 12.8. The van der Waals surface area contributed by atoms with Gasteiger partial charge in [0, 0.05) is 5.54 Å². The summed E-state index contributed by atoms with van der Waals surface area (Å²) in [6, 6.07) is 15.3. The topological polar surface area (TPSA) is 26.0 Å². The van der Waals surface area contributed by atoms with Crippen LogP contribution in [0.25, 0.3) is 0 Å². The predicted molar refractivity (Wildman–Crippen MR) is 87.0 cm³/mol. The highest BCUT2D eigenvalue weighted by molar-refractivity contribution is 5.35. The van der Waals surface area contributed by atoms with Crippen molar-refractivity contribution in [2.45, 2.75) is 46.1 Å². The summed E-state index contributed by atoms with van der Waals surface area (Å²) in [4.78, 5) is 0. The lowest BCUT2D eigenvalue weighted by atomic mass is 9.84. The van der Waals surface area contributed by atoms with E-state index in [1.165, 1.54) is 27.8 Å². The van der Waals surface area contributed by atoms with Gasteiger partial charge in [-0.1, -0.05) is 55.0 Å². The monoisotopic (exact) mass is 267 g/mol. The number of hydrogen-bond donors (Lipinski definition) is 1. The normalized spacial score (nSPS) is 14.1. The first kappa shape index (κ1) is 14.8. The van der Waals surface area contributed by atoms with Gasteiger partial charge in [0.1, 0.15) is 0 Å². The van der Waals surface area contributed by atoms with Crippen molar-refractivity contribution >= 4 is 0 Å². The van der Waals surface area contributed by atoms with Gasteiger partial charge in [0.2, 0.25) is 0 Å². The first-order valence-corrected chi connectivity index (χ1v) is 7.37. The van der Waals surface area contributed by atoms with Crippen LogP contribution in [0.4, 0.5) is 0 Å². The molecule has 0 amide bonds. The first-order chi connectivity index (χ1) is 9.42. The number of hydrogen-bond acceptors (Lipinski definition) is 1. The summed E-state index contributed by atoms with van der Waals surface area (Å²) < 4.78 is 0. The predicted octanol–water partition coefficient (Wildman–Crippen LogP) is 4.28. The number of rotatable bonds is 4. The molecule has 0 radical (unpaired) electrons. The molecule has 2 aromatic carbocycles. The molecule has 0 aliphatic carbocycles. The Hall–Kier alpha value is -1.60. The zero-order valence-corrected chi connectivity index (χ0v) is 13.0. The molecule has 2 N–H and O–H groups in total. The van der Waals surface area contributed by atoms with E-state index in [0.29, 0.717) is 0 Å². The van der Waals surface area contributed by atoms with Gasteiger partial charge in [-0.2, -0.15) is 0 Å². The molecular formula is C19H25N. The summed E-state index contributed by atoms with van der Waals surface area (Å²) in [5.74, 6) is 0. The second-order valence-corrected chi connectivity index (χ2v) is 6.07. The van der Waals surface area contributed by atoms with Gasteiger partial charge < -0.3 is 5.73 Å². The van der Waals surface area contributed by atoms with Gasteiger partial charge in [-0.05, 0) is 55.9 Å². The van der Waals surface area contributed by atoms with E-state index in [-0.39, 0.29) is 5.54 Å². The minimum absolute atomic E-state index is 0.329. The molecule has 1 atom stereocenters. The van der Waals surface area contributed by atoms with Crippen molar-refractivity contribution in [1.82, 2.24) is 0 Å². The number of nitrogens with two attached hydrogens (primary N) is 1. The molecule has 106 valence electrons. The largest absolute Gasteiger partial charge is 0.321 e. The lowest BCUT2D eigenvalue weighted by molar-refractivity contribution is 0.490. The van der Waals surface area contributed by atoms with Gasteiger partial charge >= 0.3 is 0 Å². The molecule has 0 fully saturated rings. The third-order valence-electron chi connectivity index (χ3n) is 4.08. The molecule has 0 spiro atoms. The molecular weight excluding hydrogens is 242 g/mol. The van der Waals surface area contributed by atoms with Gasteiger partial charge in [-0.15, -0.1) is 0 Å². The van der Waals surface area contributed by atoms with Crippen LogP contribution in [0, 0.1) is 13.8 Å². The highest BCUT2D eigenvalue weighted by atomic mass is 14.7. The third-order valence-corrected chi connectivity index (χ3v) is 4.08. The lowest BCUT2D eigenvalue weighted by Crippen LogP contribution is -2.35. The molecule has 1 unspecified atom stereocenters. The van der Waals surface area contributed by atoms with Crippen LogP contribution in [-0.4, -0.2) is 0 Å². The van der Waals surface area contributed by atoms with Crippen molar-refractivity contribution in [1.29, 1.82) is 0 Å². The maximum absolute atomic E-state index is 6.58. The van der Waals surface area contributed by atoms with Crippen LogP contribution in [0.5, 0.6) is 0 Å². The van der Waals surface area contributed by atoms with Gasteiger partial charge in [0.05, 0.1) is 0 Å². The van der Waals surface area contributed by atoms with Crippen LogP contribution in [0.15, 0.2) is 42.5 Å². The van der Waals surface area contributed by atoms with Crippen molar-refractivity contribution in [3.8, 4) is 0 Å². The smallest absolute Gasteiger partial charge is 0.0421 e. The Bertz CT molecular complexity index is 579. The fourth-order valence-electron chi connectivity index (χ4n) is 2.61. The van der Waals surface area contributed by atoms with E-state index < -0.39 is 0 Å². The van der Waals surface area contributed by atoms with Crippen LogP contribution in [0.1, 0.15) is 41.7 Å². The number of aryl methyl sites for hydroxylation is 3. The van der Waals surface area contributed by atoms with Crippen LogP contribution in [0.2, 0.25) is 0 Å². The fraction of sp³-hybridized carbons (Fsp3) is 0.368. The van der Waals surface area contributed by atoms with Crippen molar-refractivity contribution < 1.29 is 0 Å². The quantitative estimate of drug-likeness (QED) is 0.879. The Labute approximate surface area is 122 Å². The molecule has 0 aliphatic rings. The molecule has 20 heavy (non-hydrogen) atoms. The van der Waals surface area contributed by atoms with E-state index in [1.807, 2.05) is 0 Å². The molecule has 0 aliphatic heterocycles. The van der Waals surface area contributed by atoms with E-state index in [9.17, 15) is 0 Å². The maximum atomic E-state index is 6.58. The van der Waals surface area contributed by atoms with Gasteiger partial charge in [0.25, 0.3) is 0 Å². The minimum atomic E-state index is -0.329. The minimum Gasteiger partial charge on any atom is -0.321 e. The Morgan fingerprint density at radius 3 is 2.25 bits per heavy atom. The molecule has 0 saturated carbocycles. The Balaban J connectivity index is 2.27. The van der Waals surface area contributed by atoms with Gasteiger partial charge in [-0.3, -0.25) is 0 Å². The Kier molecular flexibility index (Phi) is 4.29. The van der Waals surface area contributed by atoms with Crippen LogP contribution < -0.4 is 5.73 Å². The zero-order valence-electron chi connectivity index (χ0n) is 13.0. The summed E-state index contributed by atoms with van der Waals surface area (Å²) in [6.45, 7) is 8.58. The summed E-state index contributed by atoms with van der Waals surface area (Å²) in [7, 11) is 0. The highest BCUT2D eigenvalue weighted by Crippen LogP contribution is 2.25.